The van der Waals surface area contributed by atoms with E-state index < -0.39 is 0 Å². The number of carbonyl (C=O) groups excluding carboxylic acids is 1. The van der Waals surface area contributed by atoms with Crippen molar-refractivity contribution in [2.75, 3.05) is 13.1 Å². The first kappa shape index (κ1) is 14.2. The van der Waals surface area contributed by atoms with Crippen LogP contribution in [0, 0.1) is 6.92 Å². The zero-order valence-corrected chi connectivity index (χ0v) is 12.9. The van der Waals surface area contributed by atoms with Gasteiger partial charge in [-0.3, -0.25) is 4.79 Å². The van der Waals surface area contributed by atoms with Crippen LogP contribution >= 0.6 is 11.3 Å². The van der Waals surface area contributed by atoms with E-state index in [2.05, 4.69) is 36.2 Å². The van der Waals surface area contributed by atoms with Crippen molar-refractivity contribution in [1.82, 2.24) is 9.88 Å². The molecule has 0 radical (unpaired) electrons. The van der Waals surface area contributed by atoms with E-state index >= 15 is 0 Å². The second-order valence-corrected chi connectivity index (χ2v) is 6.43. The fourth-order valence-corrected chi connectivity index (χ4v) is 3.32. The van der Waals surface area contributed by atoms with Gasteiger partial charge in [0.1, 0.15) is 5.01 Å². The van der Waals surface area contributed by atoms with Crippen LogP contribution in [-0.4, -0.2) is 34.9 Å². The number of carbonyl (C=O) groups is 1. The van der Waals surface area contributed by atoms with Gasteiger partial charge in [-0.15, -0.1) is 11.3 Å². The molecule has 1 saturated heterocycles. The van der Waals surface area contributed by atoms with Crippen molar-refractivity contribution in [2.24, 2.45) is 5.73 Å². The molecule has 4 nitrogen and oxygen atoms in total. The average molecular weight is 301 g/mol. The van der Waals surface area contributed by atoms with E-state index in [1.807, 2.05) is 10.3 Å². The average Bonchev–Trinajstić information content (AvgIpc) is 3.09. The number of benzene rings is 1. The molecule has 0 aliphatic carbocycles. The molecule has 1 fully saturated rings. The van der Waals surface area contributed by atoms with Crippen LogP contribution < -0.4 is 5.73 Å². The molecule has 5 heteroatoms. The third-order valence-electron chi connectivity index (χ3n) is 3.76. The first-order valence-electron chi connectivity index (χ1n) is 7.16. The van der Waals surface area contributed by atoms with Gasteiger partial charge in [-0.2, -0.15) is 0 Å². The Morgan fingerprint density at radius 2 is 2.19 bits per heavy atom. The minimum Gasteiger partial charge on any atom is -0.341 e. The highest BCUT2D eigenvalue weighted by Gasteiger charge is 2.24. The molecule has 1 atom stereocenters. The molecule has 0 unspecified atom stereocenters. The number of thiazole rings is 1. The number of rotatable bonds is 3. The Morgan fingerprint density at radius 3 is 2.86 bits per heavy atom. The molecule has 1 aromatic carbocycles. The van der Waals surface area contributed by atoms with Crippen LogP contribution in [0.5, 0.6) is 0 Å². The van der Waals surface area contributed by atoms with Gasteiger partial charge < -0.3 is 10.6 Å². The van der Waals surface area contributed by atoms with Crippen LogP contribution in [0.25, 0.3) is 10.6 Å². The Bertz CT molecular complexity index is 635. The molecule has 0 saturated carbocycles. The lowest BCUT2D eigenvalue weighted by atomic mass is 10.2. The lowest BCUT2D eigenvalue weighted by Gasteiger charge is -2.14. The number of aryl methyl sites for hydroxylation is 1. The summed E-state index contributed by atoms with van der Waals surface area (Å²) in [5.74, 6) is 0.128. The minimum atomic E-state index is 0.128. The smallest absolute Gasteiger partial charge is 0.228 e. The molecule has 0 spiro atoms. The Balaban J connectivity index is 1.67. The fraction of sp³-hybridized carbons (Fsp3) is 0.375. The zero-order chi connectivity index (χ0) is 14.8. The lowest BCUT2D eigenvalue weighted by molar-refractivity contribution is -0.129. The van der Waals surface area contributed by atoms with E-state index in [0.717, 1.165) is 29.2 Å². The van der Waals surface area contributed by atoms with Crippen molar-refractivity contribution in [2.45, 2.75) is 25.8 Å². The summed E-state index contributed by atoms with van der Waals surface area (Å²) in [4.78, 5) is 18.6. The predicted octanol–water partition coefficient (Wildman–Crippen LogP) is 2.22. The molecular weight excluding hydrogens is 282 g/mol. The maximum Gasteiger partial charge on any atom is 0.228 e. The van der Waals surface area contributed by atoms with E-state index in [1.165, 1.54) is 5.56 Å². The molecule has 21 heavy (non-hydrogen) atoms. The number of likely N-dealkylation sites (tertiary alicyclic amines) is 1. The van der Waals surface area contributed by atoms with Crippen LogP contribution in [0.15, 0.2) is 29.6 Å². The molecule has 1 aliphatic heterocycles. The topological polar surface area (TPSA) is 59.2 Å². The zero-order valence-electron chi connectivity index (χ0n) is 12.1. The number of aromatic nitrogens is 1. The SMILES string of the molecule is Cc1ccc(-c2nc(CC(=O)N3CC[C@@H](N)C3)cs2)cc1. The normalized spacial score (nSPS) is 18.2. The summed E-state index contributed by atoms with van der Waals surface area (Å²) in [6, 6.07) is 8.42. The number of nitrogens with two attached hydrogens (primary N) is 1. The summed E-state index contributed by atoms with van der Waals surface area (Å²) in [6.45, 7) is 3.51. The van der Waals surface area contributed by atoms with Crippen LogP contribution in [0.3, 0.4) is 0 Å². The third kappa shape index (κ3) is 3.31. The van der Waals surface area contributed by atoms with Gasteiger partial charge in [0.05, 0.1) is 12.1 Å². The quantitative estimate of drug-likeness (QED) is 0.945. The first-order valence-corrected chi connectivity index (χ1v) is 8.04. The number of amides is 1. The molecule has 1 aliphatic rings. The second-order valence-electron chi connectivity index (χ2n) is 5.58. The molecule has 2 aromatic rings. The van der Waals surface area contributed by atoms with E-state index in [-0.39, 0.29) is 11.9 Å². The molecule has 1 aromatic heterocycles. The standard InChI is InChI=1S/C16H19N3OS/c1-11-2-4-12(5-3-11)16-18-14(10-21-16)8-15(20)19-7-6-13(17)9-19/h2-5,10,13H,6-9,17H2,1H3/t13-/m1/s1. The number of nitrogens with zero attached hydrogens (tertiary/aromatic N) is 2. The molecule has 3 rings (SSSR count). The Labute approximate surface area is 128 Å². The maximum absolute atomic E-state index is 12.2. The van der Waals surface area contributed by atoms with E-state index in [9.17, 15) is 4.79 Å². The van der Waals surface area contributed by atoms with E-state index in [0.29, 0.717) is 13.0 Å². The third-order valence-corrected chi connectivity index (χ3v) is 4.70. The summed E-state index contributed by atoms with van der Waals surface area (Å²) < 4.78 is 0. The summed E-state index contributed by atoms with van der Waals surface area (Å²) in [5.41, 5.74) is 9.03. The largest absolute Gasteiger partial charge is 0.341 e. The molecule has 0 bridgehead atoms. The van der Waals surface area contributed by atoms with Gasteiger partial charge in [-0.1, -0.05) is 29.8 Å². The second kappa shape index (κ2) is 5.95. The Morgan fingerprint density at radius 1 is 1.43 bits per heavy atom. The molecule has 1 amide bonds. The van der Waals surface area contributed by atoms with Crippen LogP contribution in [0.4, 0.5) is 0 Å². The molecule has 110 valence electrons. The van der Waals surface area contributed by atoms with E-state index in [4.69, 9.17) is 5.73 Å². The molecule has 2 heterocycles. The highest BCUT2D eigenvalue weighted by Crippen LogP contribution is 2.24. The highest BCUT2D eigenvalue weighted by molar-refractivity contribution is 7.13. The maximum atomic E-state index is 12.2. The van der Waals surface area contributed by atoms with Crippen molar-refractivity contribution in [3.8, 4) is 10.6 Å². The summed E-state index contributed by atoms with van der Waals surface area (Å²) in [5, 5.41) is 2.94. The minimum absolute atomic E-state index is 0.128. The van der Waals surface area contributed by atoms with Gasteiger partial charge in [0, 0.05) is 30.1 Å². The monoisotopic (exact) mass is 301 g/mol. The lowest BCUT2D eigenvalue weighted by Crippen LogP contribution is -2.32. The van der Waals surface area contributed by atoms with E-state index in [1.54, 1.807) is 11.3 Å². The van der Waals surface area contributed by atoms with Crippen molar-refractivity contribution >= 4 is 17.2 Å². The Kier molecular flexibility index (Phi) is 4.03. The van der Waals surface area contributed by atoms with Crippen molar-refractivity contribution in [3.63, 3.8) is 0 Å². The van der Waals surface area contributed by atoms with Crippen LogP contribution in [0.1, 0.15) is 17.7 Å². The first-order chi connectivity index (χ1) is 10.1. The van der Waals surface area contributed by atoms with Crippen LogP contribution in [0.2, 0.25) is 0 Å². The van der Waals surface area contributed by atoms with Gasteiger partial charge in [-0.25, -0.2) is 4.98 Å². The summed E-state index contributed by atoms with van der Waals surface area (Å²) in [6.07, 6.45) is 1.27. The van der Waals surface area contributed by atoms with Crippen molar-refractivity contribution in [3.05, 3.63) is 40.9 Å². The number of hydrogen-bond donors (Lipinski definition) is 1. The van der Waals surface area contributed by atoms with Crippen molar-refractivity contribution < 1.29 is 4.79 Å². The van der Waals surface area contributed by atoms with Gasteiger partial charge in [0.25, 0.3) is 0 Å². The highest BCUT2D eigenvalue weighted by atomic mass is 32.1. The fourth-order valence-electron chi connectivity index (χ4n) is 2.50. The van der Waals surface area contributed by atoms with Crippen LogP contribution in [-0.2, 0) is 11.2 Å². The van der Waals surface area contributed by atoms with Gasteiger partial charge in [-0.05, 0) is 13.3 Å². The van der Waals surface area contributed by atoms with Crippen molar-refractivity contribution in [1.29, 1.82) is 0 Å². The molecule has 2 N–H and O–H groups in total. The summed E-state index contributed by atoms with van der Waals surface area (Å²) in [7, 11) is 0. The van der Waals surface area contributed by atoms with Gasteiger partial charge in [0.15, 0.2) is 0 Å². The number of hydrogen-bond acceptors (Lipinski definition) is 4. The molecular formula is C16H19N3OS. The van der Waals surface area contributed by atoms with Gasteiger partial charge in [0.2, 0.25) is 5.91 Å². The summed E-state index contributed by atoms with van der Waals surface area (Å²) >= 11 is 1.59. The Hall–Kier alpha value is -1.72. The predicted molar refractivity (Wildman–Crippen MR) is 85.2 cm³/mol. The van der Waals surface area contributed by atoms with Gasteiger partial charge >= 0.3 is 0 Å².